The fourth-order valence-electron chi connectivity index (χ4n) is 3.39. The van der Waals surface area contributed by atoms with Gasteiger partial charge in [0, 0.05) is 13.0 Å². The third kappa shape index (κ3) is 6.46. The van der Waals surface area contributed by atoms with Gasteiger partial charge in [-0.3, -0.25) is 4.79 Å². The van der Waals surface area contributed by atoms with Crippen molar-refractivity contribution in [1.82, 2.24) is 4.31 Å². The lowest BCUT2D eigenvalue weighted by molar-refractivity contribution is -0.126. The maximum absolute atomic E-state index is 12.8. The summed E-state index contributed by atoms with van der Waals surface area (Å²) in [6.07, 6.45) is 4.75. The number of carbonyl (C=O) groups is 1. The van der Waals surface area contributed by atoms with Gasteiger partial charge in [0.2, 0.25) is 15.9 Å². The molecule has 2 aromatic rings. The molecule has 0 bridgehead atoms. The SMILES string of the molecule is CCCCCC(=O)N(CCc1cccc2ccc(OC)cc12)S(=O)(=O)CCCC. The topological polar surface area (TPSA) is 63.7 Å². The Morgan fingerprint density at radius 1 is 1.03 bits per heavy atom. The molecule has 0 saturated heterocycles. The Kier molecular flexibility index (Phi) is 8.96. The standard InChI is InChI=1S/C23H33NO4S/c1-4-6-8-12-23(25)24(29(26,27)17-7-5-2)16-15-20-11-9-10-19-13-14-21(28-3)18-22(19)20/h9-11,13-14,18H,4-8,12,15-17H2,1-3H3. The summed E-state index contributed by atoms with van der Waals surface area (Å²) in [5.41, 5.74) is 1.01. The van der Waals surface area contributed by atoms with E-state index in [1.54, 1.807) is 7.11 Å². The first kappa shape index (κ1) is 23.2. The van der Waals surface area contributed by atoms with Crippen molar-refractivity contribution in [2.24, 2.45) is 0 Å². The van der Waals surface area contributed by atoms with Crippen LogP contribution >= 0.6 is 0 Å². The number of hydrogen-bond donors (Lipinski definition) is 0. The van der Waals surface area contributed by atoms with Crippen molar-refractivity contribution in [3.63, 3.8) is 0 Å². The number of ether oxygens (including phenoxy) is 1. The predicted molar refractivity (Wildman–Crippen MR) is 119 cm³/mol. The summed E-state index contributed by atoms with van der Waals surface area (Å²) in [5, 5.41) is 2.09. The van der Waals surface area contributed by atoms with Gasteiger partial charge in [0.15, 0.2) is 0 Å². The molecule has 0 N–H and O–H groups in total. The van der Waals surface area contributed by atoms with E-state index in [-0.39, 0.29) is 24.6 Å². The fraction of sp³-hybridized carbons (Fsp3) is 0.522. The molecule has 0 aliphatic heterocycles. The zero-order valence-electron chi connectivity index (χ0n) is 17.8. The zero-order chi connectivity index (χ0) is 21.3. The lowest BCUT2D eigenvalue weighted by Gasteiger charge is -2.23. The largest absolute Gasteiger partial charge is 0.497 e. The molecule has 2 aromatic carbocycles. The van der Waals surface area contributed by atoms with E-state index in [9.17, 15) is 13.2 Å². The van der Waals surface area contributed by atoms with Gasteiger partial charge in [-0.2, -0.15) is 0 Å². The summed E-state index contributed by atoms with van der Waals surface area (Å²) in [6, 6.07) is 11.8. The van der Waals surface area contributed by atoms with Gasteiger partial charge in [-0.05, 0) is 47.7 Å². The van der Waals surface area contributed by atoms with Gasteiger partial charge in [-0.15, -0.1) is 0 Å². The number of sulfonamides is 1. The summed E-state index contributed by atoms with van der Waals surface area (Å²) in [6.45, 7) is 4.19. The smallest absolute Gasteiger partial charge is 0.237 e. The molecule has 1 amide bonds. The van der Waals surface area contributed by atoms with Crippen LogP contribution in [-0.4, -0.2) is 38.0 Å². The van der Waals surface area contributed by atoms with Gasteiger partial charge < -0.3 is 4.74 Å². The van der Waals surface area contributed by atoms with Gasteiger partial charge >= 0.3 is 0 Å². The molecular weight excluding hydrogens is 386 g/mol. The van der Waals surface area contributed by atoms with Crippen molar-refractivity contribution in [2.75, 3.05) is 19.4 Å². The van der Waals surface area contributed by atoms with Crippen LogP contribution in [0.2, 0.25) is 0 Å². The number of benzene rings is 2. The fourth-order valence-corrected chi connectivity index (χ4v) is 5.04. The van der Waals surface area contributed by atoms with Crippen LogP contribution in [0.3, 0.4) is 0 Å². The van der Waals surface area contributed by atoms with Gasteiger partial charge in [-0.1, -0.05) is 57.4 Å². The second-order valence-electron chi connectivity index (χ2n) is 7.35. The van der Waals surface area contributed by atoms with Crippen LogP contribution in [-0.2, 0) is 21.2 Å². The van der Waals surface area contributed by atoms with E-state index in [0.717, 1.165) is 52.1 Å². The van der Waals surface area contributed by atoms with Crippen molar-refractivity contribution >= 4 is 26.7 Å². The van der Waals surface area contributed by atoms with Crippen molar-refractivity contribution < 1.29 is 17.9 Å². The summed E-state index contributed by atoms with van der Waals surface area (Å²) in [5.74, 6) is 0.493. The molecule has 0 atom stereocenters. The minimum absolute atomic E-state index is 0.0202. The number of methoxy groups -OCH3 is 1. The molecule has 29 heavy (non-hydrogen) atoms. The van der Waals surface area contributed by atoms with Crippen LogP contribution < -0.4 is 4.74 Å². The van der Waals surface area contributed by atoms with Crippen molar-refractivity contribution in [3.05, 3.63) is 42.0 Å². The highest BCUT2D eigenvalue weighted by molar-refractivity contribution is 7.89. The molecule has 0 saturated carbocycles. The Morgan fingerprint density at radius 2 is 1.79 bits per heavy atom. The molecule has 0 spiro atoms. The van der Waals surface area contributed by atoms with Gasteiger partial charge in [0.05, 0.1) is 12.9 Å². The first-order valence-electron chi connectivity index (χ1n) is 10.5. The molecule has 0 heterocycles. The van der Waals surface area contributed by atoms with Crippen molar-refractivity contribution in [2.45, 2.75) is 58.8 Å². The second kappa shape index (κ2) is 11.2. The molecule has 0 aliphatic carbocycles. The first-order valence-corrected chi connectivity index (χ1v) is 12.1. The highest BCUT2D eigenvalue weighted by Gasteiger charge is 2.26. The summed E-state index contributed by atoms with van der Waals surface area (Å²) >= 11 is 0. The number of carbonyl (C=O) groups excluding carboxylic acids is 1. The van der Waals surface area contributed by atoms with Crippen LogP contribution in [0.4, 0.5) is 0 Å². The lowest BCUT2D eigenvalue weighted by atomic mass is 10.0. The van der Waals surface area contributed by atoms with Gasteiger partial charge in [0.1, 0.15) is 5.75 Å². The molecule has 2 rings (SSSR count). The van der Waals surface area contributed by atoms with Crippen LogP contribution in [0.1, 0.15) is 57.9 Å². The average molecular weight is 420 g/mol. The van der Waals surface area contributed by atoms with Crippen molar-refractivity contribution in [1.29, 1.82) is 0 Å². The van der Waals surface area contributed by atoms with E-state index >= 15 is 0 Å². The number of fused-ring (bicyclic) bond motifs is 1. The van der Waals surface area contributed by atoms with Crippen LogP contribution in [0, 0.1) is 0 Å². The van der Waals surface area contributed by atoms with E-state index in [2.05, 4.69) is 6.92 Å². The molecule has 0 unspecified atom stereocenters. The minimum Gasteiger partial charge on any atom is -0.497 e. The number of unbranched alkanes of at least 4 members (excludes halogenated alkanes) is 3. The third-order valence-corrected chi connectivity index (χ3v) is 6.99. The van der Waals surface area contributed by atoms with E-state index in [4.69, 9.17) is 4.74 Å². The first-order chi connectivity index (χ1) is 13.9. The Hall–Kier alpha value is -2.08. The highest BCUT2D eigenvalue weighted by atomic mass is 32.2. The quantitative estimate of drug-likeness (QED) is 0.458. The molecule has 0 aromatic heterocycles. The maximum Gasteiger partial charge on any atom is 0.237 e. The van der Waals surface area contributed by atoms with Gasteiger partial charge in [0.25, 0.3) is 0 Å². The zero-order valence-corrected chi connectivity index (χ0v) is 18.6. The van der Waals surface area contributed by atoms with E-state index < -0.39 is 10.0 Å². The summed E-state index contributed by atoms with van der Waals surface area (Å²) in [4.78, 5) is 12.7. The third-order valence-electron chi connectivity index (χ3n) is 5.13. The Labute approximate surface area is 175 Å². The number of amides is 1. The summed E-state index contributed by atoms with van der Waals surface area (Å²) in [7, 11) is -1.97. The van der Waals surface area contributed by atoms with Crippen molar-refractivity contribution in [3.8, 4) is 5.75 Å². The molecular formula is C23H33NO4S. The van der Waals surface area contributed by atoms with Crippen LogP contribution in [0.25, 0.3) is 10.8 Å². The predicted octanol–water partition coefficient (Wildman–Crippen LogP) is 4.93. The normalized spacial score (nSPS) is 11.6. The molecule has 0 radical (unpaired) electrons. The molecule has 6 heteroatoms. The van der Waals surface area contributed by atoms with Gasteiger partial charge in [-0.25, -0.2) is 12.7 Å². The van der Waals surface area contributed by atoms with E-state index in [0.29, 0.717) is 12.8 Å². The monoisotopic (exact) mass is 419 g/mol. The summed E-state index contributed by atoms with van der Waals surface area (Å²) < 4.78 is 32.1. The number of nitrogens with zero attached hydrogens (tertiary/aromatic N) is 1. The maximum atomic E-state index is 12.8. The number of rotatable bonds is 12. The highest BCUT2D eigenvalue weighted by Crippen LogP contribution is 2.25. The van der Waals surface area contributed by atoms with E-state index in [1.165, 1.54) is 0 Å². The van der Waals surface area contributed by atoms with Crippen LogP contribution in [0.15, 0.2) is 36.4 Å². The Balaban J connectivity index is 2.24. The molecule has 160 valence electrons. The molecule has 0 fully saturated rings. The molecule has 5 nitrogen and oxygen atoms in total. The molecule has 0 aliphatic rings. The Bertz CT molecular complexity index is 908. The van der Waals surface area contributed by atoms with E-state index in [1.807, 2.05) is 43.3 Å². The lowest BCUT2D eigenvalue weighted by Crippen LogP contribution is -2.39. The Morgan fingerprint density at radius 3 is 2.48 bits per heavy atom. The number of hydrogen-bond acceptors (Lipinski definition) is 4. The van der Waals surface area contributed by atoms with Crippen LogP contribution in [0.5, 0.6) is 5.75 Å². The minimum atomic E-state index is -3.60. The average Bonchev–Trinajstić information content (AvgIpc) is 2.72. The second-order valence-corrected chi connectivity index (χ2v) is 9.36.